The average Bonchev–Trinajstić information content (AvgIpc) is 3.03. The summed E-state index contributed by atoms with van der Waals surface area (Å²) in [6.07, 6.45) is 14.8. The van der Waals surface area contributed by atoms with Crippen LogP contribution in [0.5, 0.6) is 0 Å². The molecule has 320 valence electrons. The Hall–Kier alpha value is -1.55. The molecule has 0 heterocycles. The second kappa shape index (κ2) is 27.9. The van der Waals surface area contributed by atoms with Crippen LogP contribution in [-0.4, -0.2) is 80.3 Å². The summed E-state index contributed by atoms with van der Waals surface area (Å²) < 4.78 is 11.0. The molecule has 0 radical (unpaired) electrons. The van der Waals surface area contributed by atoms with Gasteiger partial charge in [0.05, 0.1) is 25.3 Å². The van der Waals surface area contributed by atoms with E-state index in [1.165, 1.54) is 25.7 Å². The highest BCUT2D eigenvalue weighted by molar-refractivity contribution is 5.83. The highest BCUT2D eigenvalue weighted by Crippen LogP contribution is 2.24. The van der Waals surface area contributed by atoms with E-state index < -0.39 is 0 Å². The molecule has 0 spiro atoms. The van der Waals surface area contributed by atoms with Crippen LogP contribution in [0.4, 0.5) is 0 Å². The smallest absolute Gasteiger partial charge is 0.237 e. The lowest BCUT2D eigenvalue weighted by molar-refractivity contribution is -0.126. The molecule has 0 aliphatic heterocycles. The Kier molecular flexibility index (Phi) is 27.1. The second-order valence-electron chi connectivity index (χ2n) is 20.2. The number of carbonyl (C=O) groups is 3. The number of carbonyl (C=O) groups excluding carboxylic acids is 3. The summed E-state index contributed by atoms with van der Waals surface area (Å²) >= 11 is 0. The first-order chi connectivity index (χ1) is 25.0. The van der Waals surface area contributed by atoms with E-state index in [2.05, 4.69) is 104 Å². The summed E-state index contributed by atoms with van der Waals surface area (Å²) in [5, 5.41) is 13.4. The minimum Gasteiger partial charge on any atom is -0.379 e. The van der Waals surface area contributed by atoms with Crippen molar-refractivity contribution >= 4 is 17.6 Å². The summed E-state index contributed by atoms with van der Waals surface area (Å²) in [5.41, 5.74) is 0.339. The molecular weight excluding hydrogens is 677 g/mol. The van der Waals surface area contributed by atoms with Crippen molar-refractivity contribution in [2.24, 2.45) is 16.7 Å². The van der Waals surface area contributed by atoms with Crippen molar-refractivity contribution in [1.82, 2.24) is 21.3 Å². The van der Waals surface area contributed by atoms with Crippen molar-refractivity contribution in [3.8, 4) is 0 Å². The van der Waals surface area contributed by atoms with Crippen LogP contribution < -0.4 is 21.3 Å². The molecule has 0 aromatic heterocycles. The van der Waals surface area contributed by atoms with Gasteiger partial charge in [0.25, 0.3) is 0 Å². The molecule has 2 amide bonds. The number of unbranched alkanes of at least 4 members (excludes halogenated alkanes) is 5. The van der Waals surface area contributed by atoms with Crippen molar-refractivity contribution in [3.05, 3.63) is 0 Å². The second-order valence-corrected chi connectivity index (χ2v) is 20.2. The molecule has 0 rings (SSSR count). The van der Waals surface area contributed by atoms with Gasteiger partial charge in [0.2, 0.25) is 11.8 Å². The van der Waals surface area contributed by atoms with E-state index in [-0.39, 0.29) is 46.7 Å². The van der Waals surface area contributed by atoms with Crippen LogP contribution in [0.15, 0.2) is 0 Å². The van der Waals surface area contributed by atoms with Crippen LogP contribution in [0.3, 0.4) is 0 Å². The van der Waals surface area contributed by atoms with E-state index in [4.69, 9.17) is 9.47 Å². The van der Waals surface area contributed by atoms with Crippen molar-refractivity contribution < 1.29 is 23.9 Å². The van der Waals surface area contributed by atoms with Gasteiger partial charge in [0, 0.05) is 49.7 Å². The largest absolute Gasteiger partial charge is 0.379 e. The summed E-state index contributed by atoms with van der Waals surface area (Å²) in [6.45, 7) is 31.6. The van der Waals surface area contributed by atoms with E-state index in [0.717, 1.165) is 57.8 Å². The predicted octanol–water partition coefficient (Wildman–Crippen LogP) is 9.30. The van der Waals surface area contributed by atoms with Crippen LogP contribution in [0.1, 0.15) is 193 Å². The zero-order valence-electron chi connectivity index (χ0n) is 37.8. The summed E-state index contributed by atoms with van der Waals surface area (Å²) in [5.74, 6) is 0.170. The molecule has 0 aliphatic carbocycles. The first-order valence-electron chi connectivity index (χ1n) is 21.8. The first kappa shape index (κ1) is 52.5. The van der Waals surface area contributed by atoms with E-state index in [1.54, 1.807) is 0 Å². The molecule has 9 nitrogen and oxygen atoms in total. The number of nitrogens with one attached hydrogen (secondary N) is 4. The molecule has 0 aromatic rings. The zero-order valence-corrected chi connectivity index (χ0v) is 37.8. The molecule has 0 saturated carbocycles. The van der Waals surface area contributed by atoms with Gasteiger partial charge in [-0.3, -0.25) is 14.4 Å². The van der Waals surface area contributed by atoms with Crippen LogP contribution in [0.2, 0.25) is 0 Å². The molecule has 3 unspecified atom stereocenters. The Morgan fingerprint density at radius 3 is 1.43 bits per heavy atom. The maximum atomic E-state index is 13.5. The van der Waals surface area contributed by atoms with Gasteiger partial charge in [-0.2, -0.15) is 0 Å². The molecule has 0 saturated heterocycles. The lowest BCUT2D eigenvalue weighted by Gasteiger charge is -2.28. The Labute approximate surface area is 334 Å². The third-order valence-corrected chi connectivity index (χ3v) is 9.50. The molecule has 3 atom stereocenters. The maximum absolute atomic E-state index is 13.5. The number of rotatable bonds is 31. The van der Waals surface area contributed by atoms with Gasteiger partial charge in [-0.05, 0) is 111 Å². The van der Waals surface area contributed by atoms with Crippen molar-refractivity contribution in [1.29, 1.82) is 0 Å². The lowest BCUT2D eigenvalue weighted by atomic mass is 9.89. The standard InChI is InChI=1S/C45H90N4O5/c1-14-53-34-35-54-33-23-27-39(50)36(28-32-47-41(52)38(49-45(11,12)13)26-18-16-21-30-43(5,6)7)24-19-22-31-46-40(51)37(48-44(8,9)10)25-17-15-20-29-42(2,3)4/h36-38,48-49H,14-35H2,1-13H3,(H,46,51)(H,47,52). The average molecular weight is 767 g/mol. The van der Waals surface area contributed by atoms with E-state index in [0.29, 0.717) is 69.6 Å². The quantitative estimate of drug-likeness (QED) is 0.0520. The summed E-state index contributed by atoms with van der Waals surface area (Å²) in [4.78, 5) is 40.2. The number of ketones is 1. The molecule has 0 fully saturated rings. The van der Waals surface area contributed by atoms with Crippen LogP contribution >= 0.6 is 0 Å². The third kappa shape index (κ3) is 32.7. The molecule has 0 aromatic carbocycles. The Morgan fingerprint density at radius 1 is 0.500 bits per heavy atom. The molecular formula is C45H90N4O5. The molecule has 9 heteroatoms. The van der Waals surface area contributed by atoms with Crippen molar-refractivity contribution in [3.63, 3.8) is 0 Å². The third-order valence-electron chi connectivity index (χ3n) is 9.50. The van der Waals surface area contributed by atoms with Crippen molar-refractivity contribution in [2.45, 2.75) is 216 Å². The highest BCUT2D eigenvalue weighted by Gasteiger charge is 2.26. The molecule has 0 bridgehead atoms. The molecule has 4 N–H and O–H groups in total. The minimum absolute atomic E-state index is 0.0185. The van der Waals surface area contributed by atoms with Gasteiger partial charge >= 0.3 is 0 Å². The van der Waals surface area contributed by atoms with Gasteiger partial charge in [-0.15, -0.1) is 0 Å². The van der Waals surface area contributed by atoms with Gasteiger partial charge in [0.1, 0.15) is 5.78 Å². The predicted molar refractivity (Wildman–Crippen MR) is 228 cm³/mol. The Balaban J connectivity index is 5.18. The lowest BCUT2D eigenvalue weighted by Crippen LogP contribution is -2.51. The topological polar surface area (TPSA) is 118 Å². The zero-order chi connectivity index (χ0) is 41.3. The van der Waals surface area contributed by atoms with Gasteiger partial charge < -0.3 is 30.7 Å². The van der Waals surface area contributed by atoms with Crippen LogP contribution in [0.25, 0.3) is 0 Å². The van der Waals surface area contributed by atoms with Gasteiger partial charge in [0.15, 0.2) is 0 Å². The monoisotopic (exact) mass is 767 g/mol. The SMILES string of the molecule is CCOCCOCCCC(=O)C(CCCCNC(=O)C(CCCCCC(C)(C)C)NC(C)(C)C)CCNC(=O)C(CCCCCC(C)(C)C)NC(C)(C)C. The molecule has 0 aliphatic rings. The van der Waals surface area contributed by atoms with Crippen LogP contribution in [0, 0.1) is 16.7 Å². The van der Waals surface area contributed by atoms with E-state index >= 15 is 0 Å². The van der Waals surface area contributed by atoms with Gasteiger partial charge in [-0.25, -0.2) is 0 Å². The fraction of sp³-hybridized carbons (Fsp3) is 0.933. The number of hydrogen-bond acceptors (Lipinski definition) is 7. The van der Waals surface area contributed by atoms with E-state index in [1.807, 2.05) is 6.92 Å². The fourth-order valence-corrected chi connectivity index (χ4v) is 6.67. The van der Waals surface area contributed by atoms with Crippen molar-refractivity contribution in [2.75, 3.05) is 39.5 Å². The number of hydrogen-bond donors (Lipinski definition) is 4. The Bertz CT molecular complexity index is 990. The number of ether oxygens (including phenoxy) is 2. The number of Topliss-reactive ketones (excluding diaryl/α,β-unsaturated/α-hetero) is 1. The summed E-state index contributed by atoms with van der Waals surface area (Å²) in [6, 6.07) is -0.472. The normalized spacial score (nSPS) is 14.5. The summed E-state index contributed by atoms with van der Waals surface area (Å²) in [7, 11) is 0. The number of amides is 2. The minimum atomic E-state index is -0.258. The van der Waals surface area contributed by atoms with Gasteiger partial charge in [-0.1, -0.05) is 86.5 Å². The van der Waals surface area contributed by atoms with E-state index in [9.17, 15) is 14.4 Å². The maximum Gasteiger partial charge on any atom is 0.237 e. The molecule has 54 heavy (non-hydrogen) atoms. The fourth-order valence-electron chi connectivity index (χ4n) is 6.67. The Morgan fingerprint density at radius 2 is 0.963 bits per heavy atom. The first-order valence-corrected chi connectivity index (χ1v) is 21.8. The van der Waals surface area contributed by atoms with Crippen LogP contribution in [-0.2, 0) is 23.9 Å². The highest BCUT2D eigenvalue weighted by atomic mass is 16.5.